The molecule has 0 bridgehead atoms. The van der Waals surface area contributed by atoms with E-state index in [1.165, 1.54) is 0 Å². The molecule has 3 heterocycles. The van der Waals surface area contributed by atoms with E-state index < -0.39 is 0 Å². The monoisotopic (exact) mass is 262 g/mol. The fraction of sp³-hybridized carbons (Fsp3) is 0.417. The molecule has 0 aliphatic carbocycles. The Kier molecular flexibility index (Phi) is 3.28. The number of hydrogen-bond donors (Lipinski definition) is 0. The Balaban J connectivity index is 1.64. The van der Waals surface area contributed by atoms with Crippen LogP contribution in [0.2, 0.25) is 0 Å². The zero-order valence-electron chi connectivity index (χ0n) is 10.4. The standard InChI is InChI=1S/C12H14N4O3/c17-11(15-5-7-18-8-6-15)9-19-12-14-13-10-3-1-2-4-16(10)12/h1-4H,5-9H2. The number of amides is 1. The highest BCUT2D eigenvalue weighted by Crippen LogP contribution is 2.10. The van der Waals surface area contributed by atoms with Crippen molar-refractivity contribution in [3.05, 3.63) is 24.4 Å². The number of carbonyl (C=O) groups excluding carboxylic acids is 1. The van der Waals surface area contributed by atoms with Crippen LogP contribution >= 0.6 is 0 Å². The summed E-state index contributed by atoms with van der Waals surface area (Å²) in [6.07, 6.45) is 1.80. The molecule has 0 unspecified atom stereocenters. The first-order chi connectivity index (χ1) is 9.34. The molecule has 0 N–H and O–H groups in total. The first-order valence-electron chi connectivity index (χ1n) is 6.13. The molecule has 3 rings (SSSR count). The summed E-state index contributed by atoms with van der Waals surface area (Å²) >= 11 is 0. The molecule has 0 aromatic carbocycles. The maximum atomic E-state index is 11.9. The van der Waals surface area contributed by atoms with Gasteiger partial charge in [0.15, 0.2) is 12.3 Å². The maximum absolute atomic E-state index is 11.9. The van der Waals surface area contributed by atoms with Gasteiger partial charge in [-0.2, -0.15) is 0 Å². The third kappa shape index (κ3) is 2.50. The Hall–Kier alpha value is -2.15. The summed E-state index contributed by atoms with van der Waals surface area (Å²) < 4.78 is 12.3. The molecular formula is C12H14N4O3. The summed E-state index contributed by atoms with van der Waals surface area (Å²) in [5, 5.41) is 7.86. The lowest BCUT2D eigenvalue weighted by atomic mass is 10.4. The van der Waals surface area contributed by atoms with E-state index in [1.807, 2.05) is 18.2 Å². The minimum Gasteiger partial charge on any atom is -0.453 e. The number of aromatic nitrogens is 3. The molecule has 0 spiro atoms. The molecule has 7 nitrogen and oxygen atoms in total. The number of ether oxygens (including phenoxy) is 2. The van der Waals surface area contributed by atoms with E-state index in [0.29, 0.717) is 38.0 Å². The van der Waals surface area contributed by atoms with Gasteiger partial charge in [0, 0.05) is 19.3 Å². The molecule has 0 saturated carbocycles. The summed E-state index contributed by atoms with van der Waals surface area (Å²) in [6.45, 7) is 2.36. The summed E-state index contributed by atoms with van der Waals surface area (Å²) in [5.74, 6) is -0.0593. The Bertz CT molecular complexity index is 577. The summed E-state index contributed by atoms with van der Waals surface area (Å²) in [5.41, 5.74) is 0.691. The van der Waals surface area contributed by atoms with E-state index in [1.54, 1.807) is 15.5 Å². The van der Waals surface area contributed by atoms with E-state index in [-0.39, 0.29) is 12.5 Å². The van der Waals surface area contributed by atoms with Gasteiger partial charge in [-0.25, -0.2) is 0 Å². The number of fused-ring (bicyclic) bond motifs is 1. The van der Waals surface area contributed by atoms with Crippen molar-refractivity contribution in [3.63, 3.8) is 0 Å². The van der Waals surface area contributed by atoms with E-state index >= 15 is 0 Å². The van der Waals surface area contributed by atoms with Crippen LogP contribution < -0.4 is 4.74 Å². The lowest BCUT2D eigenvalue weighted by Crippen LogP contribution is -2.43. The minimum absolute atomic E-state index is 0.0321. The van der Waals surface area contributed by atoms with E-state index in [4.69, 9.17) is 9.47 Å². The van der Waals surface area contributed by atoms with Gasteiger partial charge in [-0.15, -0.1) is 5.10 Å². The predicted octanol–water partition coefficient (Wildman–Crippen LogP) is -0.0331. The van der Waals surface area contributed by atoms with E-state index in [9.17, 15) is 4.79 Å². The fourth-order valence-corrected chi connectivity index (χ4v) is 1.95. The second kappa shape index (κ2) is 5.23. The van der Waals surface area contributed by atoms with Gasteiger partial charge in [-0.3, -0.25) is 9.20 Å². The van der Waals surface area contributed by atoms with E-state index in [0.717, 1.165) is 0 Å². The molecule has 7 heteroatoms. The van der Waals surface area contributed by atoms with Crippen molar-refractivity contribution in [3.8, 4) is 6.01 Å². The van der Waals surface area contributed by atoms with Crippen molar-refractivity contribution in [2.24, 2.45) is 0 Å². The highest BCUT2D eigenvalue weighted by atomic mass is 16.5. The van der Waals surface area contributed by atoms with Crippen LogP contribution in [0.15, 0.2) is 24.4 Å². The topological polar surface area (TPSA) is 69.0 Å². The van der Waals surface area contributed by atoms with Crippen molar-refractivity contribution in [1.29, 1.82) is 0 Å². The van der Waals surface area contributed by atoms with Crippen LogP contribution in [0.1, 0.15) is 0 Å². The van der Waals surface area contributed by atoms with Crippen molar-refractivity contribution in [2.75, 3.05) is 32.9 Å². The van der Waals surface area contributed by atoms with Crippen LogP contribution in [-0.2, 0) is 9.53 Å². The summed E-state index contributed by atoms with van der Waals surface area (Å²) in [4.78, 5) is 13.6. The average Bonchev–Trinajstić information content (AvgIpc) is 2.89. The maximum Gasteiger partial charge on any atom is 0.322 e. The van der Waals surface area contributed by atoms with E-state index in [2.05, 4.69) is 10.2 Å². The number of nitrogens with zero attached hydrogens (tertiary/aromatic N) is 4. The molecule has 1 aliphatic heterocycles. The average molecular weight is 262 g/mol. The number of carbonyl (C=O) groups is 1. The number of rotatable bonds is 3. The molecule has 1 fully saturated rings. The van der Waals surface area contributed by atoms with Crippen LogP contribution in [-0.4, -0.2) is 58.3 Å². The van der Waals surface area contributed by atoms with Gasteiger partial charge < -0.3 is 14.4 Å². The van der Waals surface area contributed by atoms with Crippen LogP contribution in [0.3, 0.4) is 0 Å². The second-order valence-corrected chi connectivity index (χ2v) is 4.19. The SMILES string of the molecule is O=C(COc1nnc2ccccn12)N1CCOCC1. The van der Waals surface area contributed by atoms with Crippen LogP contribution in [0.4, 0.5) is 0 Å². The summed E-state index contributed by atoms with van der Waals surface area (Å²) in [6, 6.07) is 5.88. The highest BCUT2D eigenvalue weighted by molar-refractivity contribution is 5.77. The Morgan fingerprint density at radius 1 is 1.32 bits per heavy atom. The molecule has 0 radical (unpaired) electrons. The van der Waals surface area contributed by atoms with Gasteiger partial charge in [0.25, 0.3) is 5.91 Å². The number of hydrogen-bond acceptors (Lipinski definition) is 5. The van der Waals surface area contributed by atoms with Gasteiger partial charge in [0.2, 0.25) is 0 Å². The van der Waals surface area contributed by atoms with Crippen LogP contribution in [0, 0.1) is 0 Å². The van der Waals surface area contributed by atoms with Gasteiger partial charge in [-0.05, 0) is 12.1 Å². The van der Waals surface area contributed by atoms with Crippen LogP contribution in [0.5, 0.6) is 6.01 Å². The molecule has 0 atom stereocenters. The second-order valence-electron chi connectivity index (χ2n) is 4.19. The zero-order valence-corrected chi connectivity index (χ0v) is 10.4. The first kappa shape index (κ1) is 11.9. The number of morpholine rings is 1. The molecule has 100 valence electrons. The molecule has 1 amide bonds. The normalized spacial score (nSPS) is 15.7. The molecule has 1 aliphatic rings. The number of pyridine rings is 1. The molecular weight excluding hydrogens is 248 g/mol. The van der Waals surface area contributed by atoms with Crippen molar-refractivity contribution in [1.82, 2.24) is 19.5 Å². The summed E-state index contributed by atoms with van der Waals surface area (Å²) in [7, 11) is 0. The quantitative estimate of drug-likeness (QED) is 0.776. The minimum atomic E-state index is -0.0593. The Labute approximate surface area is 109 Å². The van der Waals surface area contributed by atoms with Crippen LogP contribution in [0.25, 0.3) is 5.65 Å². The van der Waals surface area contributed by atoms with Crippen molar-refractivity contribution in [2.45, 2.75) is 0 Å². The van der Waals surface area contributed by atoms with Gasteiger partial charge >= 0.3 is 6.01 Å². The van der Waals surface area contributed by atoms with Gasteiger partial charge in [0.1, 0.15) is 0 Å². The zero-order chi connectivity index (χ0) is 13.1. The molecule has 19 heavy (non-hydrogen) atoms. The third-order valence-electron chi connectivity index (χ3n) is 2.97. The third-order valence-corrected chi connectivity index (χ3v) is 2.97. The Morgan fingerprint density at radius 2 is 2.16 bits per heavy atom. The lowest BCUT2D eigenvalue weighted by molar-refractivity contribution is -0.137. The van der Waals surface area contributed by atoms with Gasteiger partial charge in [0.05, 0.1) is 13.2 Å². The van der Waals surface area contributed by atoms with Crippen molar-refractivity contribution >= 4 is 11.6 Å². The molecule has 2 aromatic rings. The largest absolute Gasteiger partial charge is 0.453 e. The van der Waals surface area contributed by atoms with Crippen molar-refractivity contribution < 1.29 is 14.3 Å². The molecule has 2 aromatic heterocycles. The smallest absolute Gasteiger partial charge is 0.322 e. The fourth-order valence-electron chi connectivity index (χ4n) is 1.95. The lowest BCUT2D eigenvalue weighted by Gasteiger charge is -2.26. The first-order valence-corrected chi connectivity index (χ1v) is 6.13. The molecule has 1 saturated heterocycles. The highest BCUT2D eigenvalue weighted by Gasteiger charge is 2.18. The van der Waals surface area contributed by atoms with Gasteiger partial charge in [-0.1, -0.05) is 11.2 Å². The Morgan fingerprint density at radius 3 is 3.00 bits per heavy atom. The predicted molar refractivity (Wildman–Crippen MR) is 65.9 cm³/mol.